The van der Waals surface area contributed by atoms with Gasteiger partial charge in [-0.05, 0) is 38.5 Å². The van der Waals surface area contributed by atoms with Gasteiger partial charge in [-0.25, -0.2) is 4.79 Å². The summed E-state index contributed by atoms with van der Waals surface area (Å²) in [4.78, 5) is 21.7. The minimum absolute atomic E-state index is 0.0347. The number of nitrogens with one attached hydrogen (secondary N) is 1. The molecule has 2 atom stereocenters. The number of aliphatic hydroxyl groups excluding tert-OH is 2. The van der Waals surface area contributed by atoms with Gasteiger partial charge in [-0.2, -0.15) is 0 Å². The molecule has 0 bridgehead atoms. The van der Waals surface area contributed by atoms with Crippen LogP contribution in [0.5, 0.6) is 0 Å². The van der Waals surface area contributed by atoms with Gasteiger partial charge in [0.2, 0.25) is 0 Å². The number of rotatable bonds is 6. The number of alkyl carbamates (subject to hydrolysis) is 1. The topological polar surface area (TPSA) is 122 Å². The van der Waals surface area contributed by atoms with Gasteiger partial charge in [-0.1, -0.05) is 12.2 Å². The maximum atomic E-state index is 11.7. The fourth-order valence-corrected chi connectivity index (χ4v) is 1.75. The van der Waals surface area contributed by atoms with E-state index in [9.17, 15) is 25.1 Å². The number of hydrogen-bond acceptors (Lipinski definition) is 6. The zero-order chi connectivity index (χ0) is 18.3. The van der Waals surface area contributed by atoms with Crippen molar-refractivity contribution in [1.29, 1.82) is 0 Å². The van der Waals surface area contributed by atoms with Gasteiger partial charge < -0.3 is 20.3 Å². The number of ether oxygens (including phenoxy) is 1. The van der Waals surface area contributed by atoms with E-state index >= 15 is 0 Å². The number of nitrogens with zero attached hydrogens (tertiary/aromatic N) is 1. The number of nitro groups is 1. The molecule has 0 radical (unpaired) electrons. The molecule has 2 unspecified atom stereocenters. The van der Waals surface area contributed by atoms with Gasteiger partial charge in [0.1, 0.15) is 5.60 Å². The van der Waals surface area contributed by atoms with Gasteiger partial charge >= 0.3 is 6.09 Å². The van der Waals surface area contributed by atoms with Crippen LogP contribution in [0.25, 0.3) is 6.08 Å². The molecule has 132 valence electrons. The molecule has 1 amide bonds. The zero-order valence-electron chi connectivity index (χ0n) is 13.8. The highest BCUT2D eigenvalue weighted by atomic mass is 16.6. The molecule has 24 heavy (non-hydrogen) atoms. The largest absolute Gasteiger partial charge is 0.444 e. The first-order valence-corrected chi connectivity index (χ1v) is 7.33. The van der Waals surface area contributed by atoms with Crippen LogP contribution in [0.1, 0.15) is 26.3 Å². The van der Waals surface area contributed by atoms with Crippen molar-refractivity contribution in [3.8, 4) is 0 Å². The summed E-state index contributed by atoms with van der Waals surface area (Å²) in [7, 11) is 0. The highest BCUT2D eigenvalue weighted by molar-refractivity contribution is 5.68. The molecule has 0 aliphatic rings. The maximum absolute atomic E-state index is 11.7. The molecule has 0 aliphatic carbocycles. The summed E-state index contributed by atoms with van der Waals surface area (Å²) in [6.45, 7) is 4.62. The second-order valence-corrected chi connectivity index (χ2v) is 6.13. The van der Waals surface area contributed by atoms with Crippen molar-refractivity contribution in [2.75, 3.05) is 6.61 Å². The van der Waals surface area contributed by atoms with Crippen molar-refractivity contribution in [1.82, 2.24) is 5.32 Å². The summed E-state index contributed by atoms with van der Waals surface area (Å²) in [5.41, 5.74) is -0.0926. The highest BCUT2D eigenvalue weighted by Gasteiger charge is 2.22. The Morgan fingerprint density at radius 3 is 2.42 bits per heavy atom. The number of carbonyl (C=O) groups is 1. The third kappa shape index (κ3) is 6.76. The lowest BCUT2D eigenvalue weighted by Gasteiger charge is -2.24. The Bertz CT molecular complexity index is 592. The molecule has 3 N–H and O–H groups in total. The Balaban J connectivity index is 2.67. The first-order chi connectivity index (χ1) is 11.1. The summed E-state index contributed by atoms with van der Waals surface area (Å²) in [5.74, 6) is 0. The van der Waals surface area contributed by atoms with Crippen molar-refractivity contribution < 1.29 is 24.7 Å². The third-order valence-corrected chi connectivity index (χ3v) is 2.90. The van der Waals surface area contributed by atoms with Gasteiger partial charge in [0.15, 0.2) is 0 Å². The first kappa shape index (κ1) is 19.6. The number of non-ortho nitro benzene ring substituents is 1. The van der Waals surface area contributed by atoms with Gasteiger partial charge in [0.25, 0.3) is 5.69 Å². The van der Waals surface area contributed by atoms with Gasteiger partial charge in [-0.15, -0.1) is 0 Å². The van der Waals surface area contributed by atoms with E-state index in [1.165, 1.54) is 36.4 Å². The van der Waals surface area contributed by atoms with E-state index in [1.807, 2.05) is 0 Å². The van der Waals surface area contributed by atoms with Crippen LogP contribution in [-0.2, 0) is 4.74 Å². The Hall–Kier alpha value is -2.45. The van der Waals surface area contributed by atoms with E-state index in [-0.39, 0.29) is 5.69 Å². The predicted octanol–water partition coefficient (Wildman–Crippen LogP) is 1.85. The summed E-state index contributed by atoms with van der Waals surface area (Å²) < 4.78 is 5.06. The molecule has 0 aliphatic heterocycles. The second kappa shape index (κ2) is 8.42. The third-order valence-electron chi connectivity index (χ3n) is 2.90. The van der Waals surface area contributed by atoms with Crippen LogP contribution in [0.4, 0.5) is 10.5 Å². The fourth-order valence-electron chi connectivity index (χ4n) is 1.75. The average Bonchev–Trinajstić information content (AvgIpc) is 2.48. The van der Waals surface area contributed by atoms with E-state index in [1.54, 1.807) is 20.8 Å². The number of benzene rings is 1. The number of hydrogen-bond donors (Lipinski definition) is 3. The number of carbonyl (C=O) groups excluding carboxylic acids is 1. The van der Waals surface area contributed by atoms with E-state index in [0.717, 1.165) is 0 Å². The Morgan fingerprint density at radius 2 is 1.96 bits per heavy atom. The van der Waals surface area contributed by atoms with Crippen molar-refractivity contribution in [3.05, 3.63) is 46.0 Å². The quantitative estimate of drug-likeness (QED) is 0.537. The lowest BCUT2D eigenvalue weighted by molar-refractivity contribution is -0.384. The molecule has 0 saturated carbocycles. The van der Waals surface area contributed by atoms with E-state index in [4.69, 9.17) is 4.74 Å². The van der Waals surface area contributed by atoms with Gasteiger partial charge in [-0.3, -0.25) is 10.1 Å². The molecule has 1 aromatic carbocycles. The summed E-state index contributed by atoms with van der Waals surface area (Å²) >= 11 is 0. The molecule has 1 aromatic rings. The SMILES string of the molecule is CC(C)(C)OC(=O)NC(CO)C(O)/C=C/c1ccc([N+](=O)[O-])cc1. The minimum atomic E-state index is -1.15. The van der Waals surface area contributed by atoms with Crippen molar-refractivity contribution in [3.63, 3.8) is 0 Å². The van der Waals surface area contributed by atoms with Gasteiger partial charge in [0, 0.05) is 12.1 Å². The van der Waals surface area contributed by atoms with Crippen LogP contribution in [0, 0.1) is 10.1 Å². The molecule has 8 heteroatoms. The molecule has 0 saturated heterocycles. The number of amides is 1. The summed E-state index contributed by atoms with van der Waals surface area (Å²) in [5, 5.41) is 32.3. The van der Waals surface area contributed by atoms with Crippen molar-refractivity contribution >= 4 is 17.9 Å². The normalized spacial score (nSPS) is 14.2. The first-order valence-electron chi connectivity index (χ1n) is 7.33. The summed E-state index contributed by atoms with van der Waals surface area (Å²) in [6, 6.07) is 4.80. The second-order valence-electron chi connectivity index (χ2n) is 6.13. The molecular weight excluding hydrogens is 316 g/mol. The Kier molecular flexibility index (Phi) is 6.87. The smallest absolute Gasteiger partial charge is 0.408 e. The van der Waals surface area contributed by atoms with Crippen LogP contribution < -0.4 is 5.32 Å². The Labute approximate surface area is 139 Å². The fraction of sp³-hybridized carbons (Fsp3) is 0.438. The van der Waals surface area contributed by atoms with Crippen LogP contribution >= 0.6 is 0 Å². The average molecular weight is 338 g/mol. The number of nitro benzene ring substituents is 1. The van der Waals surface area contributed by atoms with Crippen LogP contribution in [-0.4, -0.2) is 45.6 Å². The van der Waals surface area contributed by atoms with Crippen molar-refractivity contribution in [2.24, 2.45) is 0 Å². The van der Waals surface area contributed by atoms with Crippen molar-refractivity contribution in [2.45, 2.75) is 38.5 Å². The lowest BCUT2D eigenvalue weighted by Crippen LogP contribution is -2.46. The molecule has 0 heterocycles. The lowest BCUT2D eigenvalue weighted by atomic mass is 10.1. The molecule has 0 fully saturated rings. The number of aliphatic hydroxyl groups is 2. The van der Waals surface area contributed by atoms with Crippen LogP contribution in [0.2, 0.25) is 0 Å². The molecule has 1 rings (SSSR count). The van der Waals surface area contributed by atoms with E-state index in [2.05, 4.69) is 5.32 Å². The van der Waals surface area contributed by atoms with E-state index in [0.29, 0.717) is 5.56 Å². The molecule has 0 aromatic heterocycles. The van der Waals surface area contributed by atoms with Crippen LogP contribution in [0.3, 0.4) is 0 Å². The highest BCUT2D eigenvalue weighted by Crippen LogP contribution is 2.13. The summed E-state index contributed by atoms with van der Waals surface area (Å²) in [6.07, 6.45) is 1.01. The van der Waals surface area contributed by atoms with Gasteiger partial charge in [0.05, 0.1) is 23.7 Å². The molecule has 0 spiro atoms. The molecular formula is C16H22N2O6. The minimum Gasteiger partial charge on any atom is -0.444 e. The maximum Gasteiger partial charge on any atom is 0.408 e. The predicted molar refractivity (Wildman–Crippen MR) is 88.4 cm³/mol. The molecule has 8 nitrogen and oxygen atoms in total. The van der Waals surface area contributed by atoms with E-state index < -0.39 is 35.4 Å². The zero-order valence-corrected chi connectivity index (χ0v) is 13.8. The Morgan fingerprint density at radius 1 is 1.38 bits per heavy atom. The monoisotopic (exact) mass is 338 g/mol. The standard InChI is InChI=1S/C16H22N2O6/c1-16(2,3)24-15(21)17-13(10-19)14(20)9-6-11-4-7-12(8-5-11)18(22)23/h4-9,13-14,19-20H,10H2,1-3H3,(H,17,21)/b9-6+. The van der Waals surface area contributed by atoms with Crippen LogP contribution in [0.15, 0.2) is 30.3 Å².